The first-order valence-corrected chi connectivity index (χ1v) is 7.87. The van der Waals surface area contributed by atoms with Gasteiger partial charge in [-0.2, -0.15) is 0 Å². The maximum atomic E-state index is 13.4. The summed E-state index contributed by atoms with van der Waals surface area (Å²) < 4.78 is 19.0. The van der Waals surface area contributed by atoms with Crippen molar-refractivity contribution in [2.24, 2.45) is 5.73 Å². The Balaban J connectivity index is 1.66. The number of carbonyl (C=O) groups excluding carboxylic acids is 1. The average Bonchev–Trinajstić information content (AvgIpc) is 2.97. The normalized spacial score (nSPS) is 22.1. The predicted molar refractivity (Wildman–Crippen MR) is 86.1 cm³/mol. The van der Waals surface area contributed by atoms with Crippen LogP contribution in [-0.4, -0.2) is 12.1 Å². The van der Waals surface area contributed by atoms with Crippen LogP contribution in [0.4, 0.5) is 10.1 Å². The highest BCUT2D eigenvalue weighted by Gasteiger charge is 2.34. The highest BCUT2D eigenvalue weighted by molar-refractivity contribution is 5.82. The van der Waals surface area contributed by atoms with Crippen LogP contribution in [0.1, 0.15) is 29.2 Å². The minimum Gasteiger partial charge on any atom is -0.366 e. The van der Waals surface area contributed by atoms with E-state index in [9.17, 15) is 9.18 Å². The summed E-state index contributed by atoms with van der Waals surface area (Å²) in [7, 11) is 0. The Labute approximate surface area is 139 Å². The molecule has 1 aliphatic carbocycles. The molecule has 0 saturated carbocycles. The molecule has 123 valence electrons. The predicted octanol–water partition coefficient (Wildman–Crippen LogP) is 1.97. The minimum atomic E-state index is -0.885. The fourth-order valence-electron chi connectivity index (χ4n) is 3.41. The third-order valence-corrected chi connectivity index (χ3v) is 4.54. The van der Waals surface area contributed by atoms with E-state index in [2.05, 4.69) is 11.5 Å². The van der Waals surface area contributed by atoms with Crippen molar-refractivity contribution in [1.82, 2.24) is 5.43 Å². The molecular formula is C18H17FN3O2. The molecule has 1 heterocycles. The van der Waals surface area contributed by atoms with Crippen LogP contribution >= 0.6 is 0 Å². The van der Waals surface area contributed by atoms with E-state index in [1.54, 1.807) is 23.2 Å². The topological polar surface area (TPSA) is 67.6 Å². The summed E-state index contributed by atoms with van der Waals surface area (Å²) >= 11 is 0. The van der Waals surface area contributed by atoms with Gasteiger partial charge in [-0.25, -0.2) is 9.82 Å². The Morgan fingerprint density at radius 3 is 3.08 bits per heavy atom. The number of rotatable bonds is 3. The van der Waals surface area contributed by atoms with Crippen molar-refractivity contribution in [3.05, 3.63) is 65.0 Å². The number of nitrogens with two attached hydrogens (primary N) is 1. The molecule has 2 aliphatic rings. The molecule has 24 heavy (non-hydrogen) atoms. The van der Waals surface area contributed by atoms with E-state index in [0.29, 0.717) is 6.61 Å². The van der Waals surface area contributed by atoms with Gasteiger partial charge in [-0.15, -0.1) is 0 Å². The van der Waals surface area contributed by atoms with Crippen LogP contribution in [0.5, 0.6) is 0 Å². The number of hydrogen-bond acceptors (Lipinski definition) is 4. The zero-order chi connectivity index (χ0) is 16.7. The minimum absolute atomic E-state index is 0.0267. The Hall–Kier alpha value is -2.44. The van der Waals surface area contributed by atoms with E-state index < -0.39 is 12.1 Å². The maximum absolute atomic E-state index is 13.4. The van der Waals surface area contributed by atoms with E-state index in [1.165, 1.54) is 6.07 Å². The number of hydrogen-bond donors (Lipinski definition) is 2. The van der Waals surface area contributed by atoms with Crippen LogP contribution in [0.3, 0.4) is 0 Å². The summed E-state index contributed by atoms with van der Waals surface area (Å²) in [6.45, 7) is 0.310. The summed E-state index contributed by atoms with van der Waals surface area (Å²) in [6.07, 6.45) is 0.718. The lowest BCUT2D eigenvalue weighted by Crippen LogP contribution is -2.56. The van der Waals surface area contributed by atoms with E-state index in [4.69, 9.17) is 10.5 Å². The van der Waals surface area contributed by atoms with E-state index in [1.807, 2.05) is 12.1 Å². The van der Waals surface area contributed by atoms with Gasteiger partial charge in [0.05, 0.1) is 18.3 Å². The third kappa shape index (κ3) is 2.53. The molecule has 1 aliphatic heterocycles. The fourth-order valence-corrected chi connectivity index (χ4v) is 3.41. The Bertz CT molecular complexity index is 796. The lowest BCUT2D eigenvalue weighted by atomic mass is 10.1. The quantitative estimate of drug-likeness (QED) is 0.905. The number of fused-ring (bicyclic) bond motifs is 2. The number of aryl methyl sites for hydroxylation is 1. The average molecular weight is 326 g/mol. The second kappa shape index (κ2) is 5.89. The SMILES string of the molecule is NC(=O)C1OCc2c[c]ccc2N1NC1CCc2cc(F)ccc21. The summed E-state index contributed by atoms with van der Waals surface area (Å²) in [5, 5.41) is 1.68. The first kappa shape index (κ1) is 15.1. The molecule has 0 bridgehead atoms. The first-order valence-electron chi connectivity index (χ1n) is 7.87. The van der Waals surface area contributed by atoms with Gasteiger partial charge < -0.3 is 10.5 Å². The second-order valence-corrected chi connectivity index (χ2v) is 6.05. The monoisotopic (exact) mass is 326 g/mol. The van der Waals surface area contributed by atoms with E-state index >= 15 is 0 Å². The third-order valence-electron chi connectivity index (χ3n) is 4.54. The van der Waals surface area contributed by atoms with Gasteiger partial charge in [0.25, 0.3) is 5.91 Å². The molecule has 0 spiro atoms. The van der Waals surface area contributed by atoms with Gasteiger partial charge >= 0.3 is 0 Å². The van der Waals surface area contributed by atoms with Crippen LogP contribution in [0, 0.1) is 11.9 Å². The molecular weight excluding hydrogens is 309 g/mol. The number of hydrazine groups is 1. The van der Waals surface area contributed by atoms with Crippen LogP contribution in [0.15, 0.2) is 36.4 Å². The van der Waals surface area contributed by atoms with Crippen molar-refractivity contribution < 1.29 is 13.9 Å². The van der Waals surface area contributed by atoms with Gasteiger partial charge in [-0.05, 0) is 54.3 Å². The summed E-state index contributed by atoms with van der Waals surface area (Å²) in [5.41, 5.74) is 12.7. The lowest BCUT2D eigenvalue weighted by molar-refractivity contribution is -0.131. The Morgan fingerprint density at radius 2 is 2.25 bits per heavy atom. The van der Waals surface area contributed by atoms with Crippen molar-refractivity contribution in [2.45, 2.75) is 31.7 Å². The molecule has 0 saturated heterocycles. The first-order chi connectivity index (χ1) is 11.6. The number of nitrogens with one attached hydrogen (secondary N) is 1. The number of halogens is 1. The molecule has 2 unspecified atom stereocenters. The largest absolute Gasteiger partial charge is 0.366 e. The number of benzene rings is 2. The molecule has 4 rings (SSSR count). The molecule has 1 amide bonds. The van der Waals surface area contributed by atoms with Crippen LogP contribution in [0.25, 0.3) is 0 Å². The summed E-state index contributed by atoms with van der Waals surface area (Å²) in [5.74, 6) is -0.787. The zero-order valence-corrected chi connectivity index (χ0v) is 13.0. The number of anilines is 1. The number of ether oxygens (including phenoxy) is 1. The maximum Gasteiger partial charge on any atom is 0.269 e. The van der Waals surface area contributed by atoms with Gasteiger partial charge in [0.15, 0.2) is 0 Å². The molecule has 0 aromatic heterocycles. The lowest BCUT2D eigenvalue weighted by Gasteiger charge is -2.38. The van der Waals surface area contributed by atoms with Crippen molar-refractivity contribution in [2.75, 3.05) is 5.01 Å². The molecule has 2 aromatic rings. The van der Waals surface area contributed by atoms with Gasteiger partial charge in [0, 0.05) is 5.56 Å². The summed E-state index contributed by atoms with van der Waals surface area (Å²) in [6, 6.07) is 13.3. The van der Waals surface area contributed by atoms with Crippen LogP contribution in [0.2, 0.25) is 0 Å². The number of amides is 1. The summed E-state index contributed by atoms with van der Waals surface area (Å²) in [4.78, 5) is 11.8. The Kier molecular flexibility index (Phi) is 3.70. The standard InChI is InChI=1S/C18H17FN3O2/c19-13-6-7-14-11(9-13)5-8-15(14)21-22-16-4-2-1-3-12(16)10-24-18(22)17(20)23/h2-4,6-7,9,15,18,21H,5,8,10H2,(H2,20,23). The van der Waals surface area contributed by atoms with Crippen LogP contribution < -0.4 is 16.2 Å². The van der Waals surface area contributed by atoms with Crippen molar-refractivity contribution >= 4 is 11.6 Å². The number of nitrogens with zero attached hydrogens (tertiary/aromatic N) is 1. The van der Waals surface area contributed by atoms with Gasteiger partial charge in [0.2, 0.25) is 6.23 Å². The molecule has 0 fully saturated rings. The molecule has 5 nitrogen and oxygen atoms in total. The van der Waals surface area contributed by atoms with E-state index in [0.717, 1.165) is 35.2 Å². The van der Waals surface area contributed by atoms with Crippen molar-refractivity contribution in [1.29, 1.82) is 0 Å². The van der Waals surface area contributed by atoms with Gasteiger partial charge in [-0.3, -0.25) is 9.80 Å². The zero-order valence-electron chi connectivity index (χ0n) is 13.0. The van der Waals surface area contributed by atoms with E-state index in [-0.39, 0.29) is 11.9 Å². The smallest absolute Gasteiger partial charge is 0.269 e. The van der Waals surface area contributed by atoms with Crippen LogP contribution in [-0.2, 0) is 22.6 Å². The molecule has 2 atom stereocenters. The highest BCUT2D eigenvalue weighted by atomic mass is 19.1. The van der Waals surface area contributed by atoms with Gasteiger partial charge in [-0.1, -0.05) is 12.1 Å². The molecule has 6 heteroatoms. The van der Waals surface area contributed by atoms with Gasteiger partial charge in [0.1, 0.15) is 5.82 Å². The molecule has 2 aromatic carbocycles. The molecule has 1 radical (unpaired) electrons. The number of primary amides is 1. The van der Waals surface area contributed by atoms with Crippen molar-refractivity contribution in [3.8, 4) is 0 Å². The fraction of sp³-hybridized carbons (Fsp3) is 0.278. The highest BCUT2D eigenvalue weighted by Crippen LogP contribution is 2.34. The molecule has 3 N–H and O–H groups in total. The number of carbonyl (C=O) groups is 1. The van der Waals surface area contributed by atoms with Crippen molar-refractivity contribution in [3.63, 3.8) is 0 Å². The second-order valence-electron chi connectivity index (χ2n) is 6.05. The Morgan fingerprint density at radius 1 is 1.38 bits per heavy atom.